The fourth-order valence-electron chi connectivity index (χ4n) is 4.08. The first-order valence-corrected chi connectivity index (χ1v) is 10.8. The van der Waals surface area contributed by atoms with Crippen LogP contribution in [0.3, 0.4) is 0 Å². The Labute approximate surface area is 184 Å². The molecule has 0 spiro atoms. The van der Waals surface area contributed by atoms with Gasteiger partial charge in [0.25, 0.3) is 11.8 Å². The maximum atomic E-state index is 12.0. The molecule has 1 atom stereocenters. The lowest BCUT2D eigenvalue weighted by atomic mass is 9.80. The van der Waals surface area contributed by atoms with Gasteiger partial charge in [0.2, 0.25) is 11.8 Å². The molecule has 2 aliphatic rings. The van der Waals surface area contributed by atoms with Gasteiger partial charge in [-0.3, -0.25) is 4.79 Å². The second kappa shape index (κ2) is 8.54. The standard InChI is InChI=1S/C22H25N7O3/c1-12-28-29-21(32-12)17-10-24-22(27-19(17)26-18(11-30)13-3-2-4-13)25-15-5-6-16-14(9-15)7-8-23-20(16)31/h5-6,9-10,13,18,30H,2-4,7-8,11H2,1H3,(H,23,31)(H2,24,25,26,27). The Morgan fingerprint density at radius 3 is 2.88 bits per heavy atom. The first-order valence-electron chi connectivity index (χ1n) is 10.8. The van der Waals surface area contributed by atoms with Gasteiger partial charge in [0.1, 0.15) is 5.82 Å². The summed E-state index contributed by atoms with van der Waals surface area (Å²) >= 11 is 0. The highest BCUT2D eigenvalue weighted by molar-refractivity contribution is 5.97. The van der Waals surface area contributed by atoms with E-state index in [1.807, 2.05) is 12.1 Å². The van der Waals surface area contributed by atoms with Gasteiger partial charge in [0.15, 0.2) is 0 Å². The molecule has 2 aromatic heterocycles. The molecule has 32 heavy (non-hydrogen) atoms. The zero-order valence-corrected chi connectivity index (χ0v) is 17.8. The third kappa shape index (κ3) is 4.01. The van der Waals surface area contributed by atoms with Crippen molar-refractivity contribution in [1.29, 1.82) is 0 Å². The second-order valence-electron chi connectivity index (χ2n) is 8.21. The number of amides is 1. The molecule has 10 heteroatoms. The third-order valence-corrected chi connectivity index (χ3v) is 6.07. The van der Waals surface area contributed by atoms with Gasteiger partial charge < -0.3 is 25.5 Å². The minimum absolute atomic E-state index is 0.00657. The molecule has 166 valence electrons. The Morgan fingerprint density at radius 2 is 2.16 bits per heavy atom. The number of benzene rings is 1. The predicted molar refractivity (Wildman–Crippen MR) is 118 cm³/mol. The number of aryl methyl sites for hydroxylation is 1. The van der Waals surface area contributed by atoms with Gasteiger partial charge in [-0.1, -0.05) is 6.42 Å². The van der Waals surface area contributed by atoms with E-state index in [0.717, 1.165) is 30.5 Å². The molecule has 0 radical (unpaired) electrons. The first-order chi connectivity index (χ1) is 15.6. The monoisotopic (exact) mass is 435 g/mol. The smallest absolute Gasteiger partial charge is 0.253 e. The number of fused-ring (bicyclic) bond motifs is 1. The van der Waals surface area contributed by atoms with Crippen LogP contribution in [0.1, 0.15) is 41.1 Å². The zero-order chi connectivity index (χ0) is 22.1. The van der Waals surface area contributed by atoms with Crippen molar-refractivity contribution in [3.8, 4) is 11.5 Å². The summed E-state index contributed by atoms with van der Waals surface area (Å²) in [5, 5.41) is 27.4. The fraction of sp³-hybridized carbons (Fsp3) is 0.409. The molecule has 3 heterocycles. The molecule has 3 aromatic rings. The number of aromatic nitrogens is 4. The van der Waals surface area contributed by atoms with Gasteiger partial charge in [0, 0.05) is 30.9 Å². The van der Waals surface area contributed by atoms with Crippen molar-refractivity contribution in [3.63, 3.8) is 0 Å². The number of carbonyl (C=O) groups is 1. The summed E-state index contributed by atoms with van der Waals surface area (Å²) in [6.45, 7) is 2.36. The first kappa shape index (κ1) is 20.4. The lowest BCUT2D eigenvalue weighted by Crippen LogP contribution is -2.37. The van der Waals surface area contributed by atoms with Crippen molar-refractivity contribution in [2.75, 3.05) is 23.8 Å². The quantitative estimate of drug-likeness (QED) is 0.441. The number of aliphatic hydroxyl groups is 1. The molecule has 0 bridgehead atoms. The molecule has 1 unspecified atom stereocenters. The van der Waals surface area contributed by atoms with Crippen LogP contribution in [-0.2, 0) is 6.42 Å². The summed E-state index contributed by atoms with van der Waals surface area (Å²) in [6.07, 6.45) is 5.73. The Bertz CT molecular complexity index is 1140. The predicted octanol–water partition coefficient (Wildman–Crippen LogP) is 2.44. The fourth-order valence-corrected chi connectivity index (χ4v) is 4.08. The van der Waals surface area contributed by atoms with Crippen molar-refractivity contribution in [3.05, 3.63) is 41.4 Å². The number of nitrogens with zero attached hydrogens (tertiary/aromatic N) is 4. The van der Waals surface area contributed by atoms with E-state index in [1.54, 1.807) is 19.2 Å². The van der Waals surface area contributed by atoms with E-state index in [0.29, 0.717) is 47.1 Å². The summed E-state index contributed by atoms with van der Waals surface area (Å²) in [4.78, 5) is 21.1. The summed E-state index contributed by atoms with van der Waals surface area (Å²) in [5.74, 6) is 2.03. The van der Waals surface area contributed by atoms with Gasteiger partial charge in [-0.15, -0.1) is 10.2 Å². The van der Waals surface area contributed by atoms with Crippen LogP contribution in [0, 0.1) is 12.8 Å². The largest absolute Gasteiger partial charge is 0.421 e. The molecule has 0 saturated heterocycles. The highest BCUT2D eigenvalue weighted by Crippen LogP contribution is 2.33. The number of anilines is 3. The van der Waals surface area contributed by atoms with E-state index in [-0.39, 0.29) is 18.6 Å². The molecule has 4 N–H and O–H groups in total. The molecule has 5 rings (SSSR count). The van der Waals surface area contributed by atoms with Crippen LogP contribution in [0.5, 0.6) is 0 Å². The number of hydrogen-bond donors (Lipinski definition) is 4. The zero-order valence-electron chi connectivity index (χ0n) is 17.8. The Balaban J connectivity index is 1.45. The van der Waals surface area contributed by atoms with Crippen LogP contribution in [0.25, 0.3) is 11.5 Å². The van der Waals surface area contributed by atoms with Crippen LogP contribution < -0.4 is 16.0 Å². The van der Waals surface area contributed by atoms with Gasteiger partial charge >= 0.3 is 0 Å². The van der Waals surface area contributed by atoms with Gasteiger partial charge in [-0.25, -0.2) is 4.98 Å². The SMILES string of the molecule is Cc1nnc(-c2cnc(Nc3ccc4c(c3)CCNC4=O)nc2NC(CO)C2CCC2)o1. The van der Waals surface area contributed by atoms with E-state index in [9.17, 15) is 9.90 Å². The van der Waals surface area contributed by atoms with Crippen LogP contribution in [0.15, 0.2) is 28.8 Å². The highest BCUT2D eigenvalue weighted by Gasteiger charge is 2.28. The van der Waals surface area contributed by atoms with E-state index >= 15 is 0 Å². The maximum Gasteiger partial charge on any atom is 0.253 e. The number of carbonyl (C=O) groups excluding carboxylic acids is 1. The minimum Gasteiger partial charge on any atom is -0.421 e. The molecule has 1 saturated carbocycles. The van der Waals surface area contributed by atoms with Gasteiger partial charge in [0.05, 0.1) is 18.2 Å². The summed E-state index contributed by atoms with van der Waals surface area (Å²) in [6, 6.07) is 5.47. The molecule has 1 aromatic carbocycles. The van der Waals surface area contributed by atoms with Gasteiger partial charge in [-0.2, -0.15) is 4.98 Å². The summed E-state index contributed by atoms with van der Waals surface area (Å²) < 4.78 is 5.59. The van der Waals surface area contributed by atoms with Crippen LogP contribution >= 0.6 is 0 Å². The number of hydrogen-bond acceptors (Lipinski definition) is 9. The van der Waals surface area contributed by atoms with Crippen LogP contribution in [0.2, 0.25) is 0 Å². The average Bonchev–Trinajstić information content (AvgIpc) is 3.18. The third-order valence-electron chi connectivity index (χ3n) is 6.07. The average molecular weight is 435 g/mol. The van der Waals surface area contributed by atoms with Crippen molar-refractivity contribution in [2.45, 2.75) is 38.6 Å². The Hall–Kier alpha value is -3.53. The molecule has 1 aliphatic heterocycles. The lowest BCUT2D eigenvalue weighted by molar-refractivity contribution is 0.0946. The van der Waals surface area contributed by atoms with E-state index in [1.165, 1.54) is 6.42 Å². The molecule has 10 nitrogen and oxygen atoms in total. The van der Waals surface area contributed by atoms with Crippen molar-refractivity contribution >= 4 is 23.4 Å². The number of nitrogens with one attached hydrogen (secondary N) is 3. The molecule has 1 aliphatic carbocycles. The normalized spacial score (nSPS) is 16.6. The Kier molecular flexibility index (Phi) is 5.44. The molecular formula is C22H25N7O3. The van der Waals surface area contributed by atoms with Crippen LogP contribution in [-0.4, -0.2) is 50.4 Å². The molecule has 1 fully saturated rings. The maximum absolute atomic E-state index is 12.0. The van der Waals surface area contributed by atoms with E-state index in [4.69, 9.17) is 4.42 Å². The molecular weight excluding hydrogens is 410 g/mol. The summed E-state index contributed by atoms with van der Waals surface area (Å²) in [5.41, 5.74) is 3.05. The highest BCUT2D eigenvalue weighted by atomic mass is 16.4. The van der Waals surface area contributed by atoms with Gasteiger partial charge in [-0.05, 0) is 48.9 Å². The van der Waals surface area contributed by atoms with E-state index < -0.39 is 0 Å². The molecule has 1 amide bonds. The van der Waals surface area contributed by atoms with Crippen molar-refractivity contribution in [2.24, 2.45) is 5.92 Å². The lowest BCUT2D eigenvalue weighted by Gasteiger charge is -2.33. The number of aliphatic hydroxyl groups excluding tert-OH is 1. The minimum atomic E-state index is -0.114. The van der Waals surface area contributed by atoms with Crippen molar-refractivity contribution in [1.82, 2.24) is 25.5 Å². The van der Waals surface area contributed by atoms with E-state index in [2.05, 4.69) is 36.1 Å². The topological polar surface area (TPSA) is 138 Å². The van der Waals surface area contributed by atoms with Crippen LogP contribution in [0.4, 0.5) is 17.5 Å². The second-order valence-corrected chi connectivity index (χ2v) is 8.21. The summed E-state index contributed by atoms with van der Waals surface area (Å²) in [7, 11) is 0. The Morgan fingerprint density at radius 1 is 1.28 bits per heavy atom. The number of rotatable bonds is 7. The van der Waals surface area contributed by atoms with Crippen molar-refractivity contribution < 1.29 is 14.3 Å².